The first-order valence-electron chi connectivity index (χ1n) is 8.36. The standard InChI is InChI=1S/C18H18N4O3S/c1-13-15(26-18(19-13)22-6-2-3-7-22)17(24)21-10-8-20(9-11-21)16(23)14-5-4-12-25-14/h2-7,12H,8-11H2,1H3. The summed E-state index contributed by atoms with van der Waals surface area (Å²) in [6.07, 6.45) is 5.30. The summed E-state index contributed by atoms with van der Waals surface area (Å²) in [7, 11) is 0. The maximum absolute atomic E-state index is 12.9. The van der Waals surface area contributed by atoms with Gasteiger partial charge in [-0.3, -0.25) is 9.59 Å². The Bertz CT molecular complexity index is 907. The second kappa shape index (κ2) is 6.80. The number of hydrogen-bond acceptors (Lipinski definition) is 5. The van der Waals surface area contributed by atoms with Crippen molar-refractivity contribution in [3.8, 4) is 5.13 Å². The third kappa shape index (κ3) is 3.03. The summed E-state index contributed by atoms with van der Waals surface area (Å²) in [5, 5.41) is 0.780. The van der Waals surface area contributed by atoms with Crippen LogP contribution in [0.25, 0.3) is 5.13 Å². The molecule has 7 nitrogen and oxygen atoms in total. The summed E-state index contributed by atoms with van der Waals surface area (Å²) in [5.41, 5.74) is 0.734. The quantitative estimate of drug-likeness (QED) is 0.710. The van der Waals surface area contributed by atoms with Crippen LogP contribution >= 0.6 is 11.3 Å². The van der Waals surface area contributed by atoms with E-state index < -0.39 is 0 Å². The van der Waals surface area contributed by atoms with Crippen LogP contribution in [-0.4, -0.2) is 57.3 Å². The maximum Gasteiger partial charge on any atom is 0.289 e. The fourth-order valence-corrected chi connectivity index (χ4v) is 3.97. The summed E-state index contributed by atoms with van der Waals surface area (Å²) in [6, 6.07) is 7.20. The van der Waals surface area contributed by atoms with Crippen LogP contribution in [0, 0.1) is 6.92 Å². The lowest BCUT2D eigenvalue weighted by Crippen LogP contribution is -2.50. The smallest absolute Gasteiger partial charge is 0.289 e. The molecule has 8 heteroatoms. The van der Waals surface area contributed by atoms with Crippen LogP contribution in [0.1, 0.15) is 25.9 Å². The van der Waals surface area contributed by atoms with Crippen molar-refractivity contribution < 1.29 is 14.0 Å². The van der Waals surface area contributed by atoms with Gasteiger partial charge in [-0.2, -0.15) is 0 Å². The molecule has 2 amide bonds. The molecule has 0 atom stereocenters. The van der Waals surface area contributed by atoms with E-state index in [4.69, 9.17) is 4.42 Å². The molecule has 0 N–H and O–H groups in total. The van der Waals surface area contributed by atoms with Gasteiger partial charge in [0.2, 0.25) is 0 Å². The van der Waals surface area contributed by atoms with Crippen LogP contribution in [0.4, 0.5) is 0 Å². The van der Waals surface area contributed by atoms with Crippen LogP contribution in [0.2, 0.25) is 0 Å². The van der Waals surface area contributed by atoms with E-state index in [0.29, 0.717) is 36.8 Å². The first-order valence-corrected chi connectivity index (χ1v) is 9.18. The van der Waals surface area contributed by atoms with Gasteiger partial charge in [-0.1, -0.05) is 11.3 Å². The van der Waals surface area contributed by atoms with Gasteiger partial charge >= 0.3 is 0 Å². The average Bonchev–Trinajstić information content (AvgIpc) is 3.41. The van der Waals surface area contributed by atoms with Crippen molar-refractivity contribution in [3.63, 3.8) is 0 Å². The number of amides is 2. The molecule has 0 bridgehead atoms. The van der Waals surface area contributed by atoms with E-state index in [9.17, 15) is 9.59 Å². The van der Waals surface area contributed by atoms with E-state index in [1.807, 2.05) is 36.0 Å². The van der Waals surface area contributed by atoms with E-state index in [-0.39, 0.29) is 11.8 Å². The Kier molecular flexibility index (Phi) is 4.34. The Labute approximate surface area is 154 Å². The van der Waals surface area contributed by atoms with Gasteiger partial charge in [-0.25, -0.2) is 4.98 Å². The summed E-state index contributed by atoms with van der Waals surface area (Å²) >= 11 is 1.39. The van der Waals surface area contributed by atoms with E-state index in [1.54, 1.807) is 21.9 Å². The molecule has 1 aliphatic rings. The Morgan fingerprint density at radius 3 is 2.31 bits per heavy atom. The zero-order valence-electron chi connectivity index (χ0n) is 14.3. The molecule has 0 aliphatic carbocycles. The number of nitrogens with zero attached hydrogens (tertiary/aromatic N) is 4. The molecule has 0 unspecified atom stereocenters. The Morgan fingerprint density at radius 1 is 1.04 bits per heavy atom. The monoisotopic (exact) mass is 370 g/mol. The van der Waals surface area contributed by atoms with E-state index >= 15 is 0 Å². The summed E-state index contributed by atoms with van der Waals surface area (Å²) < 4.78 is 7.06. The number of aryl methyl sites for hydroxylation is 1. The van der Waals surface area contributed by atoms with E-state index in [0.717, 1.165) is 10.8 Å². The number of piperazine rings is 1. The molecule has 0 radical (unpaired) electrons. The lowest BCUT2D eigenvalue weighted by Gasteiger charge is -2.34. The minimum Gasteiger partial charge on any atom is -0.459 e. The zero-order chi connectivity index (χ0) is 18.1. The molecule has 3 aromatic heterocycles. The molecule has 1 fully saturated rings. The van der Waals surface area contributed by atoms with Gasteiger partial charge in [0, 0.05) is 38.6 Å². The fraction of sp³-hybridized carbons (Fsp3) is 0.278. The molecule has 0 spiro atoms. The zero-order valence-corrected chi connectivity index (χ0v) is 15.1. The summed E-state index contributed by atoms with van der Waals surface area (Å²) in [4.78, 5) is 33.8. The molecule has 0 aromatic carbocycles. The topological polar surface area (TPSA) is 71.6 Å². The van der Waals surface area contributed by atoms with Crippen molar-refractivity contribution in [1.82, 2.24) is 19.4 Å². The molecule has 134 valence electrons. The predicted octanol–water partition coefficient (Wildman–Crippen LogP) is 2.43. The van der Waals surface area contributed by atoms with Crippen molar-refractivity contribution in [2.24, 2.45) is 0 Å². The van der Waals surface area contributed by atoms with Gasteiger partial charge in [0.05, 0.1) is 12.0 Å². The summed E-state index contributed by atoms with van der Waals surface area (Å²) in [6.45, 7) is 3.84. The molecule has 0 saturated carbocycles. The van der Waals surface area contributed by atoms with Gasteiger partial charge in [-0.15, -0.1) is 0 Å². The normalized spacial score (nSPS) is 14.7. The minimum atomic E-state index is -0.133. The van der Waals surface area contributed by atoms with Gasteiger partial charge in [0.15, 0.2) is 10.9 Å². The third-order valence-electron chi connectivity index (χ3n) is 4.39. The SMILES string of the molecule is Cc1nc(-n2cccc2)sc1C(=O)N1CCN(C(=O)c2ccco2)CC1. The number of thiazole rings is 1. The number of furan rings is 1. The predicted molar refractivity (Wildman–Crippen MR) is 96.7 cm³/mol. The minimum absolute atomic E-state index is 0.0245. The number of carbonyl (C=O) groups excluding carboxylic acids is 2. The Hall–Kier alpha value is -2.87. The lowest BCUT2D eigenvalue weighted by atomic mass is 10.2. The van der Waals surface area contributed by atoms with E-state index in [1.165, 1.54) is 17.6 Å². The molecule has 1 aliphatic heterocycles. The first-order chi connectivity index (χ1) is 12.6. The van der Waals surface area contributed by atoms with Crippen molar-refractivity contribution in [2.45, 2.75) is 6.92 Å². The molecule has 4 rings (SSSR count). The van der Waals surface area contributed by atoms with Crippen LogP contribution in [0.5, 0.6) is 0 Å². The van der Waals surface area contributed by atoms with Crippen molar-refractivity contribution >= 4 is 23.2 Å². The fourth-order valence-electron chi connectivity index (χ4n) is 2.97. The highest BCUT2D eigenvalue weighted by molar-refractivity contribution is 7.16. The van der Waals surface area contributed by atoms with Crippen LogP contribution in [-0.2, 0) is 0 Å². The second-order valence-electron chi connectivity index (χ2n) is 6.06. The van der Waals surface area contributed by atoms with Crippen molar-refractivity contribution in [3.05, 3.63) is 59.3 Å². The summed E-state index contributed by atoms with van der Waals surface area (Å²) in [5.74, 6) is 0.175. The second-order valence-corrected chi connectivity index (χ2v) is 7.04. The van der Waals surface area contributed by atoms with Gasteiger partial charge in [0.25, 0.3) is 11.8 Å². The molecule has 26 heavy (non-hydrogen) atoms. The van der Waals surface area contributed by atoms with Gasteiger partial charge in [-0.05, 0) is 31.2 Å². The highest BCUT2D eigenvalue weighted by Gasteiger charge is 2.28. The van der Waals surface area contributed by atoms with Gasteiger partial charge < -0.3 is 18.8 Å². The Morgan fingerprint density at radius 2 is 1.69 bits per heavy atom. The molecular formula is C18H18N4O3S. The average molecular weight is 370 g/mol. The number of carbonyl (C=O) groups is 2. The van der Waals surface area contributed by atoms with Crippen molar-refractivity contribution in [1.29, 1.82) is 0 Å². The van der Waals surface area contributed by atoms with Gasteiger partial charge in [0.1, 0.15) is 4.88 Å². The number of aromatic nitrogens is 2. The highest BCUT2D eigenvalue weighted by Crippen LogP contribution is 2.24. The molecular weight excluding hydrogens is 352 g/mol. The van der Waals surface area contributed by atoms with Crippen LogP contribution < -0.4 is 0 Å². The molecule has 1 saturated heterocycles. The highest BCUT2D eigenvalue weighted by atomic mass is 32.1. The van der Waals surface area contributed by atoms with Crippen LogP contribution in [0.15, 0.2) is 47.3 Å². The largest absolute Gasteiger partial charge is 0.459 e. The van der Waals surface area contributed by atoms with Crippen molar-refractivity contribution in [2.75, 3.05) is 26.2 Å². The molecule has 4 heterocycles. The first kappa shape index (κ1) is 16.6. The maximum atomic E-state index is 12.9. The third-order valence-corrected chi connectivity index (χ3v) is 5.55. The molecule has 3 aromatic rings. The number of hydrogen-bond donors (Lipinski definition) is 0. The lowest BCUT2D eigenvalue weighted by molar-refractivity contribution is 0.0520. The number of rotatable bonds is 3. The van der Waals surface area contributed by atoms with E-state index in [2.05, 4.69) is 4.98 Å². The Balaban J connectivity index is 1.43. The van der Waals surface area contributed by atoms with Crippen LogP contribution in [0.3, 0.4) is 0 Å².